The van der Waals surface area contributed by atoms with Gasteiger partial charge >= 0.3 is 0 Å². The third-order valence-electron chi connectivity index (χ3n) is 8.32. The molecular weight excluding hydrogens is 478 g/mol. The monoisotopic (exact) mass is 515 g/mol. The van der Waals surface area contributed by atoms with Gasteiger partial charge in [0.1, 0.15) is 17.8 Å². The predicted octanol–water partition coefficient (Wildman–Crippen LogP) is 3.37. The molecule has 1 atom stereocenters. The summed E-state index contributed by atoms with van der Waals surface area (Å²) in [5, 5.41) is 4.70. The molecular formula is C29H37N7O2. The second kappa shape index (κ2) is 11.1. The number of ether oxygens (including phenoxy) is 1. The number of hydrogen-bond donors (Lipinski definition) is 2. The highest BCUT2D eigenvalue weighted by atomic mass is 16.5. The lowest BCUT2D eigenvalue weighted by Crippen LogP contribution is -2.44. The highest BCUT2D eigenvalue weighted by Gasteiger charge is 2.31. The summed E-state index contributed by atoms with van der Waals surface area (Å²) in [5.41, 5.74) is 4.20. The topological polar surface area (TPSA) is 89.6 Å². The minimum atomic E-state index is 0.0635. The van der Waals surface area contributed by atoms with Crippen LogP contribution in [0.5, 0.6) is 0 Å². The number of hydrogen-bond acceptors (Lipinski definition) is 7. The Bertz CT molecular complexity index is 1260. The second-order valence-electron chi connectivity index (χ2n) is 10.6. The first-order chi connectivity index (χ1) is 18.7. The molecule has 0 radical (unpaired) electrons. The molecule has 3 fully saturated rings. The van der Waals surface area contributed by atoms with Crippen LogP contribution in [-0.4, -0.2) is 95.7 Å². The van der Waals surface area contributed by atoms with Crippen molar-refractivity contribution in [3.63, 3.8) is 0 Å². The quantitative estimate of drug-likeness (QED) is 0.467. The number of carbonyl (C=O) groups is 1. The molecule has 3 aromatic rings. The second-order valence-corrected chi connectivity index (χ2v) is 10.6. The Morgan fingerprint density at radius 3 is 2.63 bits per heavy atom. The van der Waals surface area contributed by atoms with Crippen LogP contribution >= 0.6 is 0 Å². The van der Waals surface area contributed by atoms with E-state index in [0.29, 0.717) is 12.0 Å². The first-order valence-corrected chi connectivity index (χ1v) is 13.8. The number of piperidine rings is 1. The Hall–Kier alpha value is -3.43. The molecule has 1 unspecified atom stereocenters. The summed E-state index contributed by atoms with van der Waals surface area (Å²) in [4.78, 5) is 31.2. The molecule has 3 aliphatic heterocycles. The smallest absolute Gasteiger partial charge is 0.246 e. The van der Waals surface area contributed by atoms with Gasteiger partial charge in [-0.05, 0) is 68.1 Å². The molecule has 6 rings (SSSR count). The SMILES string of the molecule is C=CC(=O)N1CCC(N2CCC(CNc3ccc(-c4cc5c(N6CCOCC6)ncnc5[nH]4)cc3)CC2)C1. The summed E-state index contributed by atoms with van der Waals surface area (Å²) < 4.78 is 5.50. The van der Waals surface area contributed by atoms with Gasteiger partial charge in [0.05, 0.1) is 18.6 Å². The molecule has 0 aliphatic carbocycles. The average molecular weight is 516 g/mol. The van der Waals surface area contributed by atoms with Gasteiger partial charge in [-0.15, -0.1) is 0 Å². The Kier molecular flexibility index (Phi) is 7.29. The fourth-order valence-corrected chi connectivity index (χ4v) is 6.03. The van der Waals surface area contributed by atoms with Crippen LogP contribution in [0.2, 0.25) is 0 Å². The average Bonchev–Trinajstić information content (AvgIpc) is 3.65. The lowest BCUT2D eigenvalue weighted by Gasteiger charge is -2.36. The summed E-state index contributed by atoms with van der Waals surface area (Å²) in [6.07, 6.45) is 6.53. The highest BCUT2D eigenvalue weighted by Crippen LogP contribution is 2.30. The minimum absolute atomic E-state index is 0.0635. The Morgan fingerprint density at radius 2 is 1.87 bits per heavy atom. The van der Waals surface area contributed by atoms with E-state index in [9.17, 15) is 4.79 Å². The van der Waals surface area contributed by atoms with Crippen molar-refractivity contribution < 1.29 is 9.53 Å². The molecule has 9 nitrogen and oxygen atoms in total. The van der Waals surface area contributed by atoms with Crippen LogP contribution in [0.15, 0.2) is 49.3 Å². The first kappa shape index (κ1) is 24.9. The van der Waals surface area contributed by atoms with Crippen molar-refractivity contribution in [1.29, 1.82) is 0 Å². The number of anilines is 2. The van der Waals surface area contributed by atoms with E-state index >= 15 is 0 Å². The van der Waals surface area contributed by atoms with Crippen molar-refractivity contribution in [3.8, 4) is 11.3 Å². The van der Waals surface area contributed by atoms with Gasteiger partial charge in [0, 0.05) is 50.1 Å². The van der Waals surface area contributed by atoms with Gasteiger partial charge in [0.15, 0.2) is 0 Å². The number of nitrogens with one attached hydrogen (secondary N) is 2. The van der Waals surface area contributed by atoms with Crippen molar-refractivity contribution >= 4 is 28.4 Å². The van der Waals surface area contributed by atoms with E-state index in [0.717, 1.165) is 99.2 Å². The number of amides is 1. The standard InChI is InChI=1S/C29H37N7O2/c1-2-27(37)36-12-9-24(19-36)34-10-7-21(8-11-34)18-30-23-5-3-22(4-6-23)26-17-25-28(33-26)31-20-32-29(25)35-13-15-38-16-14-35/h2-6,17,20-21,24,30H,1,7-16,18-19H2,(H,31,32,33). The summed E-state index contributed by atoms with van der Waals surface area (Å²) in [6.45, 7) is 11.7. The van der Waals surface area contributed by atoms with E-state index in [1.54, 1.807) is 6.33 Å². The van der Waals surface area contributed by atoms with Crippen LogP contribution in [0, 0.1) is 5.92 Å². The van der Waals surface area contributed by atoms with E-state index in [1.165, 1.54) is 18.9 Å². The summed E-state index contributed by atoms with van der Waals surface area (Å²) in [7, 11) is 0. The maximum absolute atomic E-state index is 11.9. The summed E-state index contributed by atoms with van der Waals surface area (Å²) in [6, 6.07) is 11.3. The highest BCUT2D eigenvalue weighted by molar-refractivity contribution is 5.92. The van der Waals surface area contributed by atoms with Gasteiger partial charge in [0.2, 0.25) is 5.91 Å². The van der Waals surface area contributed by atoms with E-state index < -0.39 is 0 Å². The predicted molar refractivity (Wildman–Crippen MR) is 150 cm³/mol. The molecule has 38 heavy (non-hydrogen) atoms. The van der Waals surface area contributed by atoms with Gasteiger partial charge in [0.25, 0.3) is 0 Å². The molecule has 2 aromatic heterocycles. The molecule has 1 amide bonds. The van der Waals surface area contributed by atoms with Crippen LogP contribution in [0.1, 0.15) is 19.3 Å². The van der Waals surface area contributed by atoms with Crippen molar-refractivity contribution in [2.24, 2.45) is 5.92 Å². The van der Waals surface area contributed by atoms with Gasteiger partial charge in [-0.2, -0.15) is 0 Å². The van der Waals surface area contributed by atoms with Gasteiger partial charge in [-0.25, -0.2) is 9.97 Å². The zero-order valence-corrected chi connectivity index (χ0v) is 21.9. The molecule has 200 valence electrons. The fraction of sp³-hybridized carbons (Fsp3) is 0.483. The number of H-pyrrole nitrogens is 1. The number of rotatable bonds is 7. The van der Waals surface area contributed by atoms with Crippen molar-refractivity contribution in [2.75, 3.05) is 69.2 Å². The third-order valence-corrected chi connectivity index (χ3v) is 8.32. The van der Waals surface area contributed by atoms with Gasteiger partial charge in [-0.1, -0.05) is 18.7 Å². The Morgan fingerprint density at radius 1 is 1.08 bits per heavy atom. The van der Waals surface area contributed by atoms with Crippen LogP contribution in [-0.2, 0) is 9.53 Å². The van der Waals surface area contributed by atoms with E-state index in [4.69, 9.17) is 4.74 Å². The third kappa shape index (κ3) is 5.26. The zero-order chi connectivity index (χ0) is 25.9. The Balaban J connectivity index is 1.02. The van der Waals surface area contributed by atoms with Crippen LogP contribution in [0.4, 0.5) is 11.5 Å². The number of morpholine rings is 1. The number of likely N-dealkylation sites (tertiary alicyclic amines) is 2. The number of fused-ring (bicyclic) bond motifs is 1. The number of aromatic amines is 1. The molecule has 3 saturated heterocycles. The van der Waals surface area contributed by atoms with Crippen LogP contribution in [0.25, 0.3) is 22.3 Å². The number of aromatic nitrogens is 3. The molecule has 2 N–H and O–H groups in total. The van der Waals surface area contributed by atoms with E-state index in [-0.39, 0.29) is 5.91 Å². The van der Waals surface area contributed by atoms with Crippen molar-refractivity contribution in [3.05, 3.63) is 49.3 Å². The molecule has 0 bridgehead atoms. The maximum atomic E-state index is 11.9. The van der Waals surface area contributed by atoms with Gasteiger partial charge in [-0.3, -0.25) is 9.69 Å². The lowest BCUT2D eigenvalue weighted by molar-refractivity contribution is -0.125. The number of carbonyl (C=O) groups excluding carboxylic acids is 1. The molecule has 3 aliphatic rings. The van der Waals surface area contributed by atoms with Crippen LogP contribution in [0.3, 0.4) is 0 Å². The fourth-order valence-electron chi connectivity index (χ4n) is 6.03. The zero-order valence-electron chi connectivity index (χ0n) is 21.9. The first-order valence-electron chi connectivity index (χ1n) is 13.8. The molecule has 5 heterocycles. The van der Waals surface area contributed by atoms with Crippen LogP contribution < -0.4 is 10.2 Å². The molecule has 0 saturated carbocycles. The minimum Gasteiger partial charge on any atom is -0.385 e. The van der Waals surface area contributed by atoms with E-state index in [1.807, 2.05) is 4.90 Å². The summed E-state index contributed by atoms with van der Waals surface area (Å²) >= 11 is 0. The summed E-state index contributed by atoms with van der Waals surface area (Å²) in [5.74, 6) is 1.71. The molecule has 0 spiro atoms. The maximum Gasteiger partial charge on any atom is 0.246 e. The van der Waals surface area contributed by atoms with Crippen molar-refractivity contribution in [1.82, 2.24) is 24.8 Å². The van der Waals surface area contributed by atoms with Crippen molar-refractivity contribution in [2.45, 2.75) is 25.3 Å². The largest absolute Gasteiger partial charge is 0.385 e. The number of benzene rings is 1. The Labute approximate surface area is 223 Å². The lowest BCUT2D eigenvalue weighted by atomic mass is 9.95. The van der Waals surface area contributed by atoms with Gasteiger partial charge < -0.3 is 24.8 Å². The molecule has 9 heteroatoms. The normalized spacial score (nSPS) is 21.2. The van der Waals surface area contributed by atoms with E-state index in [2.05, 4.69) is 67.0 Å². The number of nitrogens with zero attached hydrogens (tertiary/aromatic N) is 5. The molecule has 1 aromatic carbocycles.